The zero-order chi connectivity index (χ0) is 17.5. The van der Waals surface area contributed by atoms with Gasteiger partial charge in [-0.3, -0.25) is 0 Å². The van der Waals surface area contributed by atoms with Gasteiger partial charge in [-0.2, -0.15) is 14.6 Å². The molecule has 0 atom stereocenters. The van der Waals surface area contributed by atoms with Crippen LogP contribution in [0.25, 0.3) is 11.4 Å². The number of nitriles is 1. The van der Waals surface area contributed by atoms with Crippen LogP contribution in [0.4, 0.5) is 5.13 Å². The van der Waals surface area contributed by atoms with Crippen molar-refractivity contribution < 1.29 is 4.74 Å². The maximum absolute atomic E-state index is 8.92. The van der Waals surface area contributed by atoms with Crippen molar-refractivity contribution in [3.05, 3.63) is 65.7 Å². The minimum Gasteiger partial charge on any atom is -0.383 e. The Balaban J connectivity index is 1.80. The lowest BCUT2D eigenvalue weighted by atomic mass is 10.1. The first-order valence-electron chi connectivity index (χ1n) is 7.92. The standard InChI is InChI=1S/C19H18N4OS/c1-24-12-11-23(14-16-9-7-15(13-20)8-10-16)19-21-18(22-25-19)17-5-3-2-4-6-17/h2-10H,11-12,14H2,1H3. The molecule has 0 saturated carbocycles. The first-order valence-corrected chi connectivity index (χ1v) is 8.69. The number of rotatable bonds is 7. The zero-order valence-corrected chi connectivity index (χ0v) is 14.7. The lowest BCUT2D eigenvalue weighted by molar-refractivity contribution is 0.205. The highest BCUT2D eigenvalue weighted by Crippen LogP contribution is 2.25. The highest BCUT2D eigenvalue weighted by atomic mass is 32.1. The minimum atomic E-state index is 0.608. The molecule has 0 aliphatic carbocycles. The van der Waals surface area contributed by atoms with Crippen molar-refractivity contribution in [2.24, 2.45) is 0 Å². The molecule has 126 valence electrons. The summed E-state index contributed by atoms with van der Waals surface area (Å²) in [5.41, 5.74) is 2.79. The number of benzene rings is 2. The summed E-state index contributed by atoms with van der Waals surface area (Å²) >= 11 is 1.39. The van der Waals surface area contributed by atoms with Crippen LogP contribution in [0.3, 0.4) is 0 Å². The Kier molecular flexibility index (Phi) is 5.73. The smallest absolute Gasteiger partial charge is 0.205 e. The monoisotopic (exact) mass is 350 g/mol. The van der Waals surface area contributed by atoms with E-state index in [1.807, 2.05) is 54.6 Å². The lowest BCUT2D eigenvalue weighted by Crippen LogP contribution is -2.26. The molecule has 0 unspecified atom stereocenters. The third kappa shape index (κ3) is 4.41. The first-order chi connectivity index (χ1) is 12.3. The van der Waals surface area contributed by atoms with Gasteiger partial charge in [-0.05, 0) is 17.7 Å². The van der Waals surface area contributed by atoms with Crippen molar-refractivity contribution in [3.8, 4) is 17.5 Å². The summed E-state index contributed by atoms with van der Waals surface area (Å²) in [7, 11) is 1.69. The van der Waals surface area contributed by atoms with Crippen LogP contribution < -0.4 is 4.90 Å². The van der Waals surface area contributed by atoms with Crippen molar-refractivity contribution in [1.29, 1.82) is 5.26 Å². The lowest BCUT2D eigenvalue weighted by Gasteiger charge is -2.21. The minimum absolute atomic E-state index is 0.608. The van der Waals surface area contributed by atoms with E-state index in [9.17, 15) is 0 Å². The molecule has 0 amide bonds. The molecule has 5 nitrogen and oxygen atoms in total. The second-order valence-corrected chi connectivity index (χ2v) is 6.22. The largest absolute Gasteiger partial charge is 0.383 e. The Morgan fingerprint density at radius 2 is 1.88 bits per heavy atom. The van der Waals surface area contributed by atoms with Crippen molar-refractivity contribution in [2.75, 3.05) is 25.2 Å². The normalized spacial score (nSPS) is 10.4. The molecule has 3 aromatic rings. The van der Waals surface area contributed by atoms with E-state index < -0.39 is 0 Å². The molecule has 1 heterocycles. The van der Waals surface area contributed by atoms with Crippen molar-refractivity contribution in [3.63, 3.8) is 0 Å². The molecule has 6 heteroatoms. The average molecular weight is 350 g/mol. The van der Waals surface area contributed by atoms with Crippen LogP contribution in [-0.4, -0.2) is 29.6 Å². The summed E-state index contributed by atoms with van der Waals surface area (Å²) in [6.07, 6.45) is 0. The molecule has 0 spiro atoms. The number of ether oxygens (including phenoxy) is 1. The predicted molar refractivity (Wildman–Crippen MR) is 99.4 cm³/mol. The molecule has 0 saturated heterocycles. The quantitative estimate of drug-likeness (QED) is 0.650. The second kappa shape index (κ2) is 8.38. The average Bonchev–Trinajstić information content (AvgIpc) is 3.16. The molecule has 0 N–H and O–H groups in total. The second-order valence-electron chi connectivity index (χ2n) is 5.49. The van der Waals surface area contributed by atoms with Crippen molar-refractivity contribution in [1.82, 2.24) is 9.36 Å². The number of hydrogen-bond acceptors (Lipinski definition) is 6. The van der Waals surface area contributed by atoms with E-state index in [0.29, 0.717) is 18.7 Å². The van der Waals surface area contributed by atoms with E-state index in [4.69, 9.17) is 10.00 Å². The van der Waals surface area contributed by atoms with E-state index in [1.54, 1.807) is 7.11 Å². The highest BCUT2D eigenvalue weighted by molar-refractivity contribution is 7.09. The summed E-state index contributed by atoms with van der Waals surface area (Å²) in [6.45, 7) is 2.02. The number of aromatic nitrogens is 2. The van der Waals surface area contributed by atoms with Gasteiger partial charge in [0.15, 0.2) is 5.82 Å². The number of anilines is 1. The Labute approximate surface area is 151 Å². The summed E-state index contributed by atoms with van der Waals surface area (Å²) in [5, 5.41) is 9.78. The van der Waals surface area contributed by atoms with Gasteiger partial charge in [0.25, 0.3) is 0 Å². The SMILES string of the molecule is COCCN(Cc1ccc(C#N)cc1)c1nc(-c2ccccc2)ns1. The van der Waals surface area contributed by atoms with Crippen LogP contribution in [0.15, 0.2) is 54.6 Å². The van der Waals surface area contributed by atoms with Crippen molar-refractivity contribution in [2.45, 2.75) is 6.54 Å². The summed E-state index contributed by atoms with van der Waals surface area (Å²) < 4.78 is 9.72. The van der Waals surface area contributed by atoms with Gasteiger partial charge in [-0.1, -0.05) is 42.5 Å². The van der Waals surface area contributed by atoms with Gasteiger partial charge in [0.1, 0.15) is 0 Å². The summed E-state index contributed by atoms with van der Waals surface area (Å²) in [6, 6.07) is 19.7. The molecule has 3 rings (SSSR count). The van der Waals surface area contributed by atoms with E-state index in [1.165, 1.54) is 11.5 Å². The molecule has 0 aliphatic rings. The maximum atomic E-state index is 8.92. The molecule has 0 fully saturated rings. The fourth-order valence-electron chi connectivity index (χ4n) is 2.40. The van der Waals surface area contributed by atoms with Crippen LogP contribution in [0.2, 0.25) is 0 Å². The third-order valence-corrected chi connectivity index (χ3v) is 4.52. The maximum Gasteiger partial charge on any atom is 0.205 e. The summed E-state index contributed by atoms with van der Waals surface area (Å²) in [4.78, 5) is 6.84. The van der Waals surface area contributed by atoms with E-state index >= 15 is 0 Å². The van der Waals surface area contributed by atoms with Gasteiger partial charge in [0, 0.05) is 37.3 Å². The summed E-state index contributed by atoms with van der Waals surface area (Å²) in [5.74, 6) is 0.739. The number of methoxy groups -OCH3 is 1. The fraction of sp³-hybridized carbons (Fsp3) is 0.211. The fourth-order valence-corrected chi connectivity index (χ4v) is 3.11. The van der Waals surface area contributed by atoms with Crippen LogP contribution in [0.5, 0.6) is 0 Å². The third-order valence-electron chi connectivity index (χ3n) is 3.74. The Morgan fingerprint density at radius 1 is 1.12 bits per heavy atom. The van der Waals surface area contributed by atoms with E-state index in [-0.39, 0.29) is 0 Å². The van der Waals surface area contributed by atoms with Gasteiger partial charge in [0.05, 0.1) is 18.2 Å². The molecule has 0 aliphatic heterocycles. The van der Waals surface area contributed by atoms with Gasteiger partial charge in [-0.15, -0.1) is 0 Å². The molecule has 0 radical (unpaired) electrons. The predicted octanol–water partition coefficient (Wildman–Crippen LogP) is 3.73. The van der Waals surface area contributed by atoms with E-state index in [2.05, 4.69) is 20.3 Å². The van der Waals surface area contributed by atoms with Crippen LogP contribution in [0.1, 0.15) is 11.1 Å². The topological polar surface area (TPSA) is 62.0 Å². The van der Waals surface area contributed by atoms with Gasteiger partial charge < -0.3 is 9.64 Å². The van der Waals surface area contributed by atoms with Crippen LogP contribution >= 0.6 is 11.5 Å². The van der Waals surface area contributed by atoms with Crippen molar-refractivity contribution >= 4 is 16.7 Å². The molecular formula is C19H18N4OS. The highest BCUT2D eigenvalue weighted by Gasteiger charge is 2.14. The van der Waals surface area contributed by atoms with Gasteiger partial charge in [-0.25, -0.2) is 0 Å². The molecule has 1 aromatic heterocycles. The Bertz CT molecular complexity index is 840. The molecule has 25 heavy (non-hydrogen) atoms. The van der Waals surface area contributed by atoms with E-state index in [0.717, 1.165) is 28.6 Å². The molecule has 2 aromatic carbocycles. The molecule has 0 bridgehead atoms. The first kappa shape index (κ1) is 17.1. The molecular weight excluding hydrogens is 332 g/mol. The number of nitrogens with zero attached hydrogens (tertiary/aromatic N) is 4. The Morgan fingerprint density at radius 3 is 2.56 bits per heavy atom. The van der Waals surface area contributed by atoms with Gasteiger partial charge >= 0.3 is 0 Å². The zero-order valence-electron chi connectivity index (χ0n) is 13.9. The van der Waals surface area contributed by atoms with Crippen LogP contribution in [0, 0.1) is 11.3 Å². The van der Waals surface area contributed by atoms with Gasteiger partial charge in [0.2, 0.25) is 5.13 Å². The number of hydrogen-bond donors (Lipinski definition) is 0. The van der Waals surface area contributed by atoms with Crippen LogP contribution in [-0.2, 0) is 11.3 Å². The Hall–Kier alpha value is -2.75.